The molecule has 21 heavy (non-hydrogen) atoms. The summed E-state index contributed by atoms with van der Waals surface area (Å²) >= 11 is 0. The van der Waals surface area contributed by atoms with Gasteiger partial charge in [0.2, 0.25) is 0 Å². The molecule has 5 heteroatoms. The first-order chi connectivity index (χ1) is 10.1. The highest BCUT2D eigenvalue weighted by Gasteiger charge is 2.30. The van der Waals surface area contributed by atoms with E-state index in [1.807, 2.05) is 0 Å². The molecule has 0 N–H and O–H groups in total. The molecule has 1 heterocycles. The van der Waals surface area contributed by atoms with Crippen LogP contribution in [0.15, 0.2) is 24.3 Å². The second kappa shape index (κ2) is 7.22. The highest BCUT2D eigenvalue weighted by Crippen LogP contribution is 2.22. The van der Waals surface area contributed by atoms with E-state index in [4.69, 9.17) is 14.2 Å². The van der Waals surface area contributed by atoms with E-state index in [0.29, 0.717) is 17.9 Å². The molecule has 1 aliphatic heterocycles. The van der Waals surface area contributed by atoms with Crippen LogP contribution in [0.25, 0.3) is 0 Å². The minimum absolute atomic E-state index is 0.0262. The summed E-state index contributed by atoms with van der Waals surface area (Å²) in [5.74, 6) is 0.340. The fraction of sp³-hybridized carbons (Fsp3) is 0.500. The van der Waals surface area contributed by atoms with E-state index >= 15 is 0 Å². The fourth-order valence-corrected chi connectivity index (χ4v) is 2.43. The third kappa shape index (κ3) is 4.29. The highest BCUT2D eigenvalue weighted by atomic mass is 16.6. The number of ether oxygens (including phenoxy) is 3. The van der Waals surface area contributed by atoms with Gasteiger partial charge in [0.1, 0.15) is 18.0 Å². The standard InChI is InChI=1S/C16H20O5/c1-11(17)21-15-4-3-9-20-16(15)10-14(18)12-5-7-13(19-2)8-6-12/h5-8,15-16H,3-4,9-10H2,1-2H3/t15-,16+/m0/s1. The van der Waals surface area contributed by atoms with Crippen molar-refractivity contribution in [3.63, 3.8) is 0 Å². The third-order valence-corrected chi connectivity index (χ3v) is 3.50. The molecule has 1 saturated heterocycles. The second-order valence-corrected chi connectivity index (χ2v) is 5.06. The molecule has 0 saturated carbocycles. The Labute approximate surface area is 124 Å². The monoisotopic (exact) mass is 292 g/mol. The van der Waals surface area contributed by atoms with E-state index in [1.54, 1.807) is 31.4 Å². The lowest BCUT2D eigenvalue weighted by Crippen LogP contribution is -2.38. The van der Waals surface area contributed by atoms with Crippen LogP contribution in [0.1, 0.15) is 36.5 Å². The van der Waals surface area contributed by atoms with Gasteiger partial charge in [0.25, 0.3) is 0 Å². The molecule has 1 fully saturated rings. The van der Waals surface area contributed by atoms with Gasteiger partial charge in [0.15, 0.2) is 5.78 Å². The Hall–Kier alpha value is -1.88. The lowest BCUT2D eigenvalue weighted by molar-refractivity contribution is -0.160. The number of carbonyl (C=O) groups excluding carboxylic acids is 2. The molecule has 0 aliphatic carbocycles. The summed E-state index contributed by atoms with van der Waals surface area (Å²) in [5, 5.41) is 0. The van der Waals surface area contributed by atoms with Gasteiger partial charge in [-0.3, -0.25) is 9.59 Å². The summed E-state index contributed by atoms with van der Waals surface area (Å²) in [6.45, 7) is 1.97. The summed E-state index contributed by atoms with van der Waals surface area (Å²) < 4.78 is 15.9. The number of rotatable bonds is 5. The largest absolute Gasteiger partial charge is 0.497 e. The van der Waals surface area contributed by atoms with Gasteiger partial charge in [-0.2, -0.15) is 0 Å². The van der Waals surface area contributed by atoms with E-state index in [-0.39, 0.29) is 30.4 Å². The van der Waals surface area contributed by atoms with Crippen LogP contribution in [-0.2, 0) is 14.3 Å². The van der Waals surface area contributed by atoms with E-state index in [9.17, 15) is 9.59 Å². The van der Waals surface area contributed by atoms with Crippen molar-refractivity contribution < 1.29 is 23.8 Å². The molecule has 114 valence electrons. The Morgan fingerprint density at radius 1 is 1.29 bits per heavy atom. The normalized spacial score (nSPS) is 21.6. The van der Waals surface area contributed by atoms with E-state index in [1.165, 1.54) is 6.92 Å². The molecule has 2 atom stereocenters. The van der Waals surface area contributed by atoms with E-state index in [0.717, 1.165) is 12.8 Å². The number of Topliss-reactive ketones (excluding diaryl/α,β-unsaturated/α-hetero) is 1. The number of methoxy groups -OCH3 is 1. The number of esters is 1. The topological polar surface area (TPSA) is 61.8 Å². The van der Waals surface area contributed by atoms with Gasteiger partial charge >= 0.3 is 5.97 Å². The predicted molar refractivity (Wildman–Crippen MR) is 76.5 cm³/mol. The van der Waals surface area contributed by atoms with Crippen molar-refractivity contribution in [2.75, 3.05) is 13.7 Å². The summed E-state index contributed by atoms with van der Waals surface area (Å²) in [6.07, 6.45) is 1.09. The molecule has 0 amide bonds. The van der Waals surface area contributed by atoms with Crippen LogP contribution < -0.4 is 4.74 Å². The molecule has 1 aromatic carbocycles. The van der Waals surface area contributed by atoms with Crippen LogP contribution in [0, 0.1) is 0 Å². The Balaban J connectivity index is 2.00. The average molecular weight is 292 g/mol. The molecule has 0 spiro atoms. The smallest absolute Gasteiger partial charge is 0.302 e. The van der Waals surface area contributed by atoms with Crippen molar-refractivity contribution in [3.8, 4) is 5.75 Å². The number of carbonyl (C=O) groups is 2. The third-order valence-electron chi connectivity index (χ3n) is 3.50. The minimum atomic E-state index is -0.364. The maximum Gasteiger partial charge on any atom is 0.302 e. The van der Waals surface area contributed by atoms with Crippen LogP contribution in [0.3, 0.4) is 0 Å². The van der Waals surface area contributed by atoms with E-state index in [2.05, 4.69) is 0 Å². The van der Waals surface area contributed by atoms with Crippen molar-refractivity contribution in [2.24, 2.45) is 0 Å². The number of ketones is 1. The zero-order valence-corrected chi connectivity index (χ0v) is 12.3. The molecular weight excluding hydrogens is 272 g/mol. The molecular formula is C16H20O5. The van der Waals surface area contributed by atoms with Gasteiger partial charge in [-0.15, -0.1) is 0 Å². The fourth-order valence-electron chi connectivity index (χ4n) is 2.43. The highest BCUT2D eigenvalue weighted by molar-refractivity contribution is 5.96. The maximum atomic E-state index is 12.3. The first-order valence-electron chi connectivity index (χ1n) is 7.06. The average Bonchev–Trinajstić information content (AvgIpc) is 2.49. The summed E-state index contributed by atoms with van der Waals surface area (Å²) in [5.41, 5.74) is 0.603. The molecule has 1 aliphatic rings. The van der Waals surface area contributed by atoms with Crippen LogP contribution in [-0.4, -0.2) is 37.7 Å². The Morgan fingerprint density at radius 3 is 2.62 bits per heavy atom. The van der Waals surface area contributed by atoms with Gasteiger partial charge in [-0.1, -0.05) is 0 Å². The predicted octanol–water partition coefficient (Wildman–Crippen LogP) is 2.38. The van der Waals surface area contributed by atoms with Crippen LogP contribution >= 0.6 is 0 Å². The van der Waals surface area contributed by atoms with Crippen molar-refractivity contribution in [1.82, 2.24) is 0 Å². The van der Waals surface area contributed by atoms with Crippen LogP contribution in [0.4, 0.5) is 0 Å². The van der Waals surface area contributed by atoms with Gasteiger partial charge in [-0.05, 0) is 37.1 Å². The summed E-state index contributed by atoms with van der Waals surface area (Å²) in [6, 6.07) is 6.95. The zero-order valence-electron chi connectivity index (χ0n) is 12.3. The quantitative estimate of drug-likeness (QED) is 0.616. The number of hydrogen-bond donors (Lipinski definition) is 0. The molecule has 0 aromatic heterocycles. The summed E-state index contributed by atoms with van der Waals surface area (Å²) in [4.78, 5) is 23.4. The van der Waals surface area contributed by atoms with Gasteiger partial charge in [0, 0.05) is 25.5 Å². The first-order valence-corrected chi connectivity index (χ1v) is 7.06. The van der Waals surface area contributed by atoms with Crippen molar-refractivity contribution in [3.05, 3.63) is 29.8 Å². The molecule has 1 aromatic rings. The summed E-state index contributed by atoms with van der Waals surface area (Å²) in [7, 11) is 1.58. The lowest BCUT2D eigenvalue weighted by atomic mass is 9.97. The molecule has 0 unspecified atom stereocenters. The van der Waals surface area contributed by atoms with Crippen LogP contribution in [0.2, 0.25) is 0 Å². The zero-order chi connectivity index (χ0) is 15.2. The Kier molecular flexibility index (Phi) is 5.33. The van der Waals surface area contributed by atoms with Crippen LogP contribution in [0.5, 0.6) is 5.75 Å². The van der Waals surface area contributed by atoms with Crippen molar-refractivity contribution in [1.29, 1.82) is 0 Å². The molecule has 5 nitrogen and oxygen atoms in total. The number of hydrogen-bond acceptors (Lipinski definition) is 5. The first kappa shape index (κ1) is 15.5. The van der Waals surface area contributed by atoms with Gasteiger partial charge in [-0.25, -0.2) is 0 Å². The minimum Gasteiger partial charge on any atom is -0.497 e. The lowest BCUT2D eigenvalue weighted by Gasteiger charge is -2.30. The van der Waals surface area contributed by atoms with Crippen molar-refractivity contribution in [2.45, 2.75) is 38.4 Å². The van der Waals surface area contributed by atoms with Gasteiger partial charge in [0.05, 0.1) is 7.11 Å². The molecule has 0 radical (unpaired) electrons. The van der Waals surface area contributed by atoms with E-state index < -0.39 is 0 Å². The second-order valence-electron chi connectivity index (χ2n) is 5.06. The maximum absolute atomic E-state index is 12.3. The number of benzene rings is 1. The molecule has 0 bridgehead atoms. The Bertz CT molecular complexity index is 494. The van der Waals surface area contributed by atoms with Gasteiger partial charge < -0.3 is 14.2 Å². The Morgan fingerprint density at radius 2 is 2.00 bits per heavy atom. The molecule has 2 rings (SSSR count). The van der Waals surface area contributed by atoms with Crippen molar-refractivity contribution >= 4 is 11.8 Å². The SMILES string of the molecule is COc1ccc(C(=O)C[C@H]2OCCC[C@@H]2OC(C)=O)cc1.